The van der Waals surface area contributed by atoms with Crippen molar-refractivity contribution in [1.82, 2.24) is 20.9 Å². The fourth-order valence-corrected chi connectivity index (χ4v) is 6.80. The second-order valence-corrected chi connectivity index (χ2v) is 16.2. The van der Waals surface area contributed by atoms with Gasteiger partial charge in [0.15, 0.2) is 0 Å². The first kappa shape index (κ1) is 55.2. The van der Waals surface area contributed by atoms with Gasteiger partial charge in [-0.15, -0.1) is 0 Å². The molecular weight excluding hydrogens is 808 g/mol. The van der Waals surface area contributed by atoms with Gasteiger partial charge < -0.3 is 45.3 Å². The van der Waals surface area contributed by atoms with Crippen molar-refractivity contribution < 1.29 is 67.6 Å². The molecule has 4 amide bonds. The number of carboxylic acid groups (broad SMARTS) is 2. The predicted octanol–water partition coefficient (Wildman–Crippen LogP) is 4.87. The van der Waals surface area contributed by atoms with Gasteiger partial charge in [0.1, 0.15) is 37.4 Å². The van der Waals surface area contributed by atoms with Crippen LogP contribution in [0, 0.1) is 0 Å². The van der Waals surface area contributed by atoms with Gasteiger partial charge in [0.05, 0.1) is 6.54 Å². The lowest BCUT2D eigenvalue weighted by atomic mass is 10.0. The van der Waals surface area contributed by atoms with Gasteiger partial charge in [-0.2, -0.15) is 0 Å². The third-order valence-electron chi connectivity index (χ3n) is 10.5. The second-order valence-electron chi connectivity index (χ2n) is 16.2. The van der Waals surface area contributed by atoms with Crippen LogP contribution in [0.15, 0.2) is 0 Å². The average molecular weight is 883 g/mol. The normalized spacial score (nSPS) is 14.0. The minimum atomic E-state index is -1.67. The largest absolute Gasteiger partial charge is 0.481 e. The van der Waals surface area contributed by atoms with E-state index in [1.807, 2.05) is 0 Å². The number of nitrogens with zero attached hydrogens (tertiary/aromatic N) is 1. The maximum Gasteiger partial charge on any atom is 0.326 e. The van der Waals surface area contributed by atoms with Gasteiger partial charge in [-0.1, -0.05) is 97.8 Å². The van der Waals surface area contributed by atoms with Crippen LogP contribution in [0.3, 0.4) is 0 Å². The van der Waals surface area contributed by atoms with Crippen molar-refractivity contribution in [2.24, 2.45) is 0 Å². The van der Waals surface area contributed by atoms with Crippen LogP contribution in [0.4, 0.5) is 0 Å². The van der Waals surface area contributed by atoms with Gasteiger partial charge in [-0.25, -0.2) is 4.79 Å². The highest BCUT2D eigenvalue weighted by Gasteiger charge is 2.38. The summed E-state index contributed by atoms with van der Waals surface area (Å²) >= 11 is 0. The fraction of sp³-hybridized carbons (Fsp3) is 0.795. The smallest absolute Gasteiger partial charge is 0.326 e. The molecule has 18 nitrogen and oxygen atoms in total. The Bertz CT molecular complexity index is 1350. The quantitative estimate of drug-likeness (QED) is 0.0320. The molecule has 1 saturated heterocycles. The van der Waals surface area contributed by atoms with Gasteiger partial charge in [0, 0.05) is 45.1 Å². The van der Waals surface area contributed by atoms with E-state index in [9.17, 15) is 48.3 Å². The van der Waals surface area contributed by atoms with Crippen molar-refractivity contribution in [2.75, 3.05) is 32.9 Å². The molecule has 0 aromatic rings. The fourth-order valence-electron chi connectivity index (χ4n) is 6.80. The highest BCUT2D eigenvalue weighted by atomic mass is 16.6. The average Bonchev–Trinajstić information content (AvgIpc) is 3.74. The third-order valence-corrected chi connectivity index (χ3v) is 10.5. The zero-order chi connectivity index (χ0) is 46.2. The summed E-state index contributed by atoms with van der Waals surface area (Å²) in [7, 11) is 0. The molecule has 1 aliphatic heterocycles. The minimum Gasteiger partial charge on any atom is -0.481 e. The van der Waals surface area contributed by atoms with Crippen molar-refractivity contribution in [3.63, 3.8) is 0 Å². The van der Waals surface area contributed by atoms with Gasteiger partial charge >= 0.3 is 29.8 Å². The van der Waals surface area contributed by atoms with Crippen LogP contribution in [0.25, 0.3) is 0 Å². The van der Waals surface area contributed by atoms with Crippen molar-refractivity contribution in [1.29, 1.82) is 0 Å². The molecule has 0 unspecified atom stereocenters. The summed E-state index contributed by atoms with van der Waals surface area (Å²) < 4.78 is 16.8. The van der Waals surface area contributed by atoms with Crippen LogP contribution < -0.4 is 16.0 Å². The van der Waals surface area contributed by atoms with E-state index >= 15 is 0 Å². The molecule has 354 valence electrons. The lowest BCUT2D eigenvalue weighted by Crippen LogP contribution is -2.59. The van der Waals surface area contributed by atoms with Gasteiger partial charge in [-0.3, -0.25) is 38.4 Å². The molecule has 0 radical (unpaired) electrons. The van der Waals surface area contributed by atoms with Crippen LogP contribution in [0.1, 0.15) is 175 Å². The Morgan fingerprint density at radius 3 is 1.50 bits per heavy atom. The zero-order valence-electron chi connectivity index (χ0n) is 37.4. The molecule has 0 spiro atoms. The van der Waals surface area contributed by atoms with Gasteiger partial charge in [0.2, 0.25) is 23.6 Å². The van der Waals surface area contributed by atoms with E-state index in [4.69, 9.17) is 19.3 Å². The molecule has 1 fully saturated rings. The molecule has 0 saturated carbocycles. The van der Waals surface area contributed by atoms with E-state index in [2.05, 4.69) is 36.7 Å². The molecule has 62 heavy (non-hydrogen) atoms. The van der Waals surface area contributed by atoms with Crippen molar-refractivity contribution in [3.8, 4) is 0 Å². The van der Waals surface area contributed by atoms with Gasteiger partial charge in [-0.05, 0) is 38.5 Å². The summed E-state index contributed by atoms with van der Waals surface area (Å²) in [6, 6.07) is -2.49. The molecule has 1 rings (SSSR count). The molecule has 0 aromatic heterocycles. The summed E-state index contributed by atoms with van der Waals surface area (Å²) in [4.78, 5) is 115. The lowest BCUT2D eigenvalue weighted by molar-refractivity contribution is -0.159. The first-order valence-electron chi connectivity index (χ1n) is 22.8. The number of unbranched alkanes of at least 4 members (excludes halogenated alkanes) is 12. The molecule has 0 bridgehead atoms. The summed E-state index contributed by atoms with van der Waals surface area (Å²) in [5, 5.41) is 25.8. The molecular formula is C44H74N4O14. The van der Waals surface area contributed by atoms with Crippen LogP contribution in [-0.2, 0) is 57.4 Å². The predicted molar refractivity (Wildman–Crippen MR) is 227 cm³/mol. The van der Waals surface area contributed by atoms with E-state index in [0.717, 1.165) is 77.0 Å². The number of carbonyl (C=O) groups excluding carboxylic acids is 7. The lowest BCUT2D eigenvalue weighted by Gasteiger charge is -2.33. The molecule has 0 aromatic carbocycles. The maximum absolute atomic E-state index is 13.5. The highest BCUT2D eigenvalue weighted by molar-refractivity contribution is 5.93. The summed E-state index contributed by atoms with van der Waals surface area (Å²) in [5.41, 5.74) is -1.67. The number of hydrogen-bond acceptors (Lipinski definition) is 12. The molecule has 0 aliphatic carbocycles. The Labute approximate surface area is 366 Å². The van der Waals surface area contributed by atoms with Crippen molar-refractivity contribution in [3.05, 3.63) is 0 Å². The van der Waals surface area contributed by atoms with E-state index < -0.39 is 117 Å². The molecule has 1 aliphatic rings. The second kappa shape index (κ2) is 32.9. The van der Waals surface area contributed by atoms with E-state index in [1.54, 1.807) is 0 Å². The van der Waals surface area contributed by atoms with Crippen LogP contribution in [0.5, 0.6) is 0 Å². The number of carboxylic acids is 2. The standard InChI is InChI=1S/C44H74N4O14/c1-4-7-10-13-16-21-39(54)60-30-44(31-61-40(55)22-17-14-11-8-5-2,32-62-41(56)23-18-15-12-9-6-3)47-36(50)26-25-35(49)45-29-37(51)48-28-19-20-34(48)42(57)46-33(43(58)59)24-27-38(52)53/h33-34H,4-32H2,1-3H3,(H,45,49)(H,46,57)(H,47,50)(H,52,53)(H,58,59)/t33-,34-/m0/s1. The Balaban J connectivity index is 3.03. The summed E-state index contributed by atoms with van der Waals surface area (Å²) in [6.45, 7) is 4.48. The summed E-state index contributed by atoms with van der Waals surface area (Å²) in [6.07, 6.45) is 12.9. The number of aliphatic carboxylic acids is 2. The van der Waals surface area contributed by atoms with E-state index in [0.29, 0.717) is 25.7 Å². The molecule has 18 heteroatoms. The molecule has 1 heterocycles. The van der Waals surface area contributed by atoms with Crippen LogP contribution >= 0.6 is 0 Å². The van der Waals surface area contributed by atoms with E-state index in [-0.39, 0.29) is 38.6 Å². The Kier molecular flexibility index (Phi) is 29.3. The van der Waals surface area contributed by atoms with Crippen LogP contribution in [-0.4, -0.2) is 119 Å². The van der Waals surface area contributed by atoms with Crippen LogP contribution in [0.2, 0.25) is 0 Å². The third kappa shape index (κ3) is 25.2. The van der Waals surface area contributed by atoms with Gasteiger partial charge in [0.25, 0.3) is 0 Å². The van der Waals surface area contributed by atoms with E-state index in [1.165, 1.54) is 4.90 Å². The number of ether oxygens (including phenoxy) is 3. The molecule has 5 N–H and O–H groups in total. The number of likely N-dealkylation sites (tertiary alicyclic amines) is 1. The number of amides is 4. The number of rotatable bonds is 36. The van der Waals surface area contributed by atoms with Crippen molar-refractivity contribution >= 4 is 53.5 Å². The highest BCUT2D eigenvalue weighted by Crippen LogP contribution is 2.19. The first-order valence-corrected chi connectivity index (χ1v) is 22.8. The SMILES string of the molecule is CCCCCCCC(=O)OCC(COC(=O)CCCCCCC)(COC(=O)CCCCCCC)NC(=O)CCC(=O)NCC(=O)N1CCC[C@H]1C(=O)N[C@@H](CCC(=O)O)C(=O)O. The number of nitrogens with one attached hydrogen (secondary N) is 3. The first-order chi connectivity index (χ1) is 29.7. The molecule has 2 atom stereocenters. The monoisotopic (exact) mass is 883 g/mol. The topological polar surface area (TPSA) is 261 Å². The minimum absolute atomic E-state index is 0.125. The maximum atomic E-state index is 13.5. The summed E-state index contributed by atoms with van der Waals surface area (Å²) in [5.74, 6) is -7.02. The Morgan fingerprint density at radius 2 is 1.06 bits per heavy atom. The number of hydrogen-bond donors (Lipinski definition) is 5. The number of esters is 3. The zero-order valence-corrected chi connectivity index (χ0v) is 37.4. The Morgan fingerprint density at radius 1 is 0.613 bits per heavy atom. The Hall–Kier alpha value is -4.77. The number of carbonyl (C=O) groups is 9. The van der Waals surface area contributed by atoms with Crippen molar-refractivity contribution in [2.45, 2.75) is 192 Å².